The van der Waals surface area contributed by atoms with Gasteiger partial charge in [0.1, 0.15) is 5.92 Å². The first-order valence-corrected chi connectivity index (χ1v) is 6.72. The lowest BCUT2D eigenvalue weighted by atomic mass is 9.96. The molecule has 4 nitrogen and oxygen atoms in total. The summed E-state index contributed by atoms with van der Waals surface area (Å²) in [5.41, 5.74) is 5.11. The van der Waals surface area contributed by atoms with Crippen molar-refractivity contribution in [1.29, 1.82) is 0 Å². The Kier molecular flexibility index (Phi) is 6.41. The van der Waals surface area contributed by atoms with Gasteiger partial charge >= 0.3 is 6.18 Å². The number of hydrogen-bond acceptors (Lipinski definition) is 3. The van der Waals surface area contributed by atoms with Crippen molar-refractivity contribution in [2.45, 2.75) is 57.2 Å². The molecular formula is C12H22F3N3O. The largest absolute Gasteiger partial charge is 0.409 e. The molecule has 0 aromatic heterocycles. The fraction of sp³-hybridized carbons (Fsp3) is 0.917. The SMILES string of the molecule is NC(=NO)C(CNC1CCCCCCC1)C(F)(F)F. The van der Waals surface area contributed by atoms with Crippen LogP contribution in [0, 0.1) is 5.92 Å². The number of oxime groups is 1. The zero-order chi connectivity index (χ0) is 14.3. The van der Waals surface area contributed by atoms with Gasteiger partial charge in [0, 0.05) is 12.6 Å². The van der Waals surface area contributed by atoms with Crippen LogP contribution in [0.25, 0.3) is 0 Å². The van der Waals surface area contributed by atoms with Crippen LogP contribution >= 0.6 is 0 Å². The Morgan fingerprint density at radius 2 is 1.74 bits per heavy atom. The normalized spacial score (nSPS) is 21.7. The Morgan fingerprint density at radius 1 is 1.21 bits per heavy atom. The number of nitrogens with two attached hydrogens (primary N) is 1. The third kappa shape index (κ3) is 5.67. The van der Waals surface area contributed by atoms with E-state index in [-0.39, 0.29) is 12.6 Å². The fourth-order valence-corrected chi connectivity index (χ4v) is 2.40. The molecule has 1 aliphatic carbocycles. The third-order valence-corrected chi connectivity index (χ3v) is 3.58. The highest BCUT2D eigenvalue weighted by Crippen LogP contribution is 2.26. The highest BCUT2D eigenvalue weighted by molar-refractivity contribution is 5.83. The second-order valence-electron chi connectivity index (χ2n) is 5.07. The Bertz CT molecular complexity index is 286. The summed E-state index contributed by atoms with van der Waals surface area (Å²) in [5, 5.41) is 13.8. The van der Waals surface area contributed by atoms with Crippen LogP contribution in [-0.4, -0.2) is 29.8 Å². The number of nitrogens with one attached hydrogen (secondary N) is 1. The molecule has 7 heteroatoms. The van der Waals surface area contributed by atoms with Gasteiger partial charge in [-0.2, -0.15) is 13.2 Å². The average molecular weight is 281 g/mol. The lowest BCUT2D eigenvalue weighted by Gasteiger charge is -2.25. The molecule has 0 saturated heterocycles. The van der Waals surface area contributed by atoms with Crippen molar-refractivity contribution < 1.29 is 18.4 Å². The van der Waals surface area contributed by atoms with Gasteiger partial charge in [-0.25, -0.2) is 0 Å². The molecule has 0 radical (unpaired) electrons. The molecule has 0 aromatic rings. The molecule has 4 N–H and O–H groups in total. The number of hydrogen-bond donors (Lipinski definition) is 3. The van der Waals surface area contributed by atoms with Crippen molar-refractivity contribution in [2.24, 2.45) is 16.8 Å². The quantitative estimate of drug-likeness (QED) is 0.321. The Morgan fingerprint density at radius 3 is 2.21 bits per heavy atom. The Labute approximate surface area is 111 Å². The summed E-state index contributed by atoms with van der Waals surface area (Å²) in [5.74, 6) is -2.71. The van der Waals surface area contributed by atoms with Crippen LogP contribution in [0.5, 0.6) is 0 Å². The summed E-state index contributed by atoms with van der Waals surface area (Å²) in [6.07, 6.45) is 2.85. The topological polar surface area (TPSA) is 70.6 Å². The summed E-state index contributed by atoms with van der Waals surface area (Å²) in [6.45, 7) is -0.329. The van der Waals surface area contributed by atoms with E-state index in [0.717, 1.165) is 38.5 Å². The van der Waals surface area contributed by atoms with Gasteiger partial charge in [-0.1, -0.05) is 37.3 Å². The van der Waals surface area contributed by atoms with E-state index in [4.69, 9.17) is 10.9 Å². The van der Waals surface area contributed by atoms with Crippen LogP contribution in [0.2, 0.25) is 0 Å². The van der Waals surface area contributed by atoms with E-state index in [0.29, 0.717) is 0 Å². The van der Waals surface area contributed by atoms with Crippen molar-refractivity contribution in [1.82, 2.24) is 5.32 Å². The van der Waals surface area contributed by atoms with E-state index in [1.807, 2.05) is 0 Å². The minimum atomic E-state index is -4.50. The van der Waals surface area contributed by atoms with Gasteiger partial charge in [0.25, 0.3) is 0 Å². The lowest BCUT2D eigenvalue weighted by molar-refractivity contribution is -0.155. The van der Waals surface area contributed by atoms with Crippen LogP contribution in [-0.2, 0) is 0 Å². The van der Waals surface area contributed by atoms with E-state index in [9.17, 15) is 13.2 Å². The minimum absolute atomic E-state index is 0.0941. The van der Waals surface area contributed by atoms with Crippen LogP contribution in [0.1, 0.15) is 44.9 Å². The zero-order valence-electron chi connectivity index (χ0n) is 10.9. The van der Waals surface area contributed by atoms with E-state index in [1.165, 1.54) is 6.42 Å². The predicted octanol–water partition coefficient (Wildman–Crippen LogP) is 2.61. The standard InChI is InChI=1S/C12H22F3N3O/c13-12(14,15)10(11(16)18-19)8-17-9-6-4-2-1-3-5-7-9/h9-10,17,19H,1-8H2,(H2,16,18). The highest BCUT2D eigenvalue weighted by atomic mass is 19.4. The maximum atomic E-state index is 12.7. The number of rotatable bonds is 4. The lowest BCUT2D eigenvalue weighted by Crippen LogP contribution is -2.45. The number of nitrogens with zero attached hydrogens (tertiary/aromatic N) is 1. The van der Waals surface area contributed by atoms with Crippen LogP contribution in [0.4, 0.5) is 13.2 Å². The molecule has 1 aliphatic rings. The highest BCUT2D eigenvalue weighted by Gasteiger charge is 2.42. The first-order chi connectivity index (χ1) is 8.95. The number of alkyl halides is 3. The summed E-state index contributed by atoms with van der Waals surface area (Å²) in [6, 6.07) is 0.0941. The molecule has 112 valence electrons. The summed E-state index contributed by atoms with van der Waals surface area (Å²) in [4.78, 5) is 0. The predicted molar refractivity (Wildman–Crippen MR) is 67.1 cm³/mol. The number of amidine groups is 1. The second-order valence-corrected chi connectivity index (χ2v) is 5.07. The third-order valence-electron chi connectivity index (χ3n) is 3.58. The maximum Gasteiger partial charge on any atom is 0.400 e. The Hall–Kier alpha value is -0.980. The molecule has 0 bridgehead atoms. The van der Waals surface area contributed by atoms with Crippen molar-refractivity contribution >= 4 is 5.84 Å². The molecule has 1 rings (SSSR count). The van der Waals surface area contributed by atoms with Gasteiger partial charge in [-0.05, 0) is 12.8 Å². The molecule has 0 aliphatic heterocycles. The van der Waals surface area contributed by atoms with Crippen LogP contribution in [0.3, 0.4) is 0 Å². The maximum absolute atomic E-state index is 12.7. The molecule has 0 amide bonds. The van der Waals surface area contributed by atoms with Crippen molar-refractivity contribution in [2.75, 3.05) is 6.54 Å². The van der Waals surface area contributed by atoms with E-state index in [1.54, 1.807) is 0 Å². The molecule has 1 unspecified atom stereocenters. The van der Waals surface area contributed by atoms with Crippen molar-refractivity contribution in [3.8, 4) is 0 Å². The van der Waals surface area contributed by atoms with Gasteiger partial charge in [0.2, 0.25) is 0 Å². The summed E-state index contributed by atoms with van der Waals surface area (Å²) >= 11 is 0. The van der Waals surface area contributed by atoms with E-state index >= 15 is 0 Å². The molecule has 1 saturated carbocycles. The first kappa shape index (κ1) is 16.1. The Balaban J connectivity index is 2.50. The zero-order valence-corrected chi connectivity index (χ0v) is 10.9. The van der Waals surface area contributed by atoms with Gasteiger partial charge in [-0.15, -0.1) is 0 Å². The first-order valence-electron chi connectivity index (χ1n) is 6.72. The number of halogens is 3. The molecule has 0 spiro atoms. The molecule has 1 atom stereocenters. The molecule has 0 heterocycles. The van der Waals surface area contributed by atoms with Crippen LogP contribution < -0.4 is 11.1 Å². The second kappa shape index (κ2) is 7.57. The van der Waals surface area contributed by atoms with Gasteiger partial charge in [0.15, 0.2) is 5.84 Å². The smallest absolute Gasteiger partial charge is 0.400 e. The molecule has 1 fully saturated rings. The summed E-state index contributed by atoms with van der Waals surface area (Å²) < 4.78 is 38.2. The monoisotopic (exact) mass is 281 g/mol. The minimum Gasteiger partial charge on any atom is -0.409 e. The van der Waals surface area contributed by atoms with Crippen LogP contribution in [0.15, 0.2) is 5.16 Å². The van der Waals surface area contributed by atoms with Gasteiger partial charge in [-0.3, -0.25) is 0 Å². The van der Waals surface area contributed by atoms with Gasteiger partial charge in [0.05, 0.1) is 0 Å². The van der Waals surface area contributed by atoms with Crippen molar-refractivity contribution in [3.05, 3.63) is 0 Å². The molecule has 19 heavy (non-hydrogen) atoms. The summed E-state index contributed by atoms with van der Waals surface area (Å²) in [7, 11) is 0. The van der Waals surface area contributed by atoms with Crippen molar-refractivity contribution in [3.63, 3.8) is 0 Å². The van der Waals surface area contributed by atoms with E-state index in [2.05, 4.69) is 10.5 Å². The molecular weight excluding hydrogens is 259 g/mol. The average Bonchev–Trinajstić information content (AvgIpc) is 2.29. The van der Waals surface area contributed by atoms with E-state index < -0.39 is 17.9 Å². The fourth-order valence-electron chi connectivity index (χ4n) is 2.40. The molecule has 0 aromatic carbocycles. The van der Waals surface area contributed by atoms with Gasteiger partial charge < -0.3 is 16.3 Å².